The van der Waals surface area contributed by atoms with Crippen molar-refractivity contribution < 1.29 is 17.9 Å². The van der Waals surface area contributed by atoms with E-state index in [1.807, 2.05) is 43.3 Å². The molecule has 2 aromatic carbocycles. The van der Waals surface area contributed by atoms with Crippen LogP contribution in [0.4, 0.5) is 18.9 Å². The fraction of sp³-hybridized carbons (Fsp3) is 0.143. The van der Waals surface area contributed by atoms with Crippen molar-refractivity contribution in [2.24, 2.45) is 0 Å². The van der Waals surface area contributed by atoms with Crippen LogP contribution in [-0.2, 0) is 0 Å². The van der Waals surface area contributed by atoms with Crippen LogP contribution in [0.25, 0.3) is 33.4 Å². The number of hydrogen-bond acceptors (Lipinski definition) is 4. The summed E-state index contributed by atoms with van der Waals surface area (Å²) in [5.41, 5.74) is 4.36. The van der Waals surface area contributed by atoms with Crippen LogP contribution in [0, 0.1) is 0 Å². The summed E-state index contributed by atoms with van der Waals surface area (Å²) < 4.78 is 41.8. The molecule has 0 atom stereocenters. The zero-order chi connectivity index (χ0) is 20.6. The number of alkyl halides is 3. The van der Waals surface area contributed by atoms with Crippen LogP contribution in [-0.4, -0.2) is 35.6 Å². The third-order valence-electron chi connectivity index (χ3n) is 4.47. The largest absolute Gasteiger partial charge is 0.573 e. The highest BCUT2D eigenvalue weighted by Crippen LogP contribution is 2.35. The van der Waals surface area contributed by atoms with Crippen molar-refractivity contribution in [3.63, 3.8) is 0 Å². The molecule has 0 aliphatic heterocycles. The predicted octanol–water partition coefficient (Wildman–Crippen LogP) is 5.26. The molecule has 0 radical (unpaired) electrons. The van der Waals surface area contributed by atoms with Crippen molar-refractivity contribution in [1.29, 1.82) is 0 Å². The number of benzene rings is 2. The number of nitrogens with zero attached hydrogens (tertiary/aromatic N) is 3. The topological polar surface area (TPSA) is 54.0 Å². The second kappa shape index (κ2) is 7.12. The van der Waals surface area contributed by atoms with E-state index in [1.54, 1.807) is 18.3 Å². The quantitative estimate of drug-likeness (QED) is 0.510. The summed E-state index contributed by atoms with van der Waals surface area (Å²) in [6, 6.07) is 15.4. The van der Waals surface area contributed by atoms with E-state index in [0.29, 0.717) is 17.0 Å². The van der Waals surface area contributed by atoms with E-state index in [1.165, 1.54) is 18.2 Å². The summed E-state index contributed by atoms with van der Waals surface area (Å²) in [5, 5.41) is 7.99. The van der Waals surface area contributed by atoms with Crippen LogP contribution >= 0.6 is 0 Å². The van der Waals surface area contributed by atoms with Crippen molar-refractivity contribution in [2.75, 3.05) is 19.0 Å². The fourth-order valence-electron chi connectivity index (χ4n) is 3.15. The second-order valence-corrected chi connectivity index (χ2v) is 6.67. The number of halogens is 3. The zero-order valence-electron chi connectivity index (χ0n) is 15.7. The average molecular weight is 398 g/mol. The molecule has 0 fully saturated rings. The molecule has 4 aromatic rings. The summed E-state index contributed by atoms with van der Waals surface area (Å²) >= 11 is 0. The molecule has 8 heteroatoms. The number of nitrogens with one attached hydrogen (secondary N) is 1. The maximum atomic E-state index is 12.6. The molecule has 0 aliphatic carbocycles. The van der Waals surface area contributed by atoms with Crippen molar-refractivity contribution in [3.05, 3.63) is 60.8 Å². The Morgan fingerprint density at radius 3 is 2.38 bits per heavy atom. The molecule has 0 amide bonds. The maximum absolute atomic E-state index is 12.6. The Morgan fingerprint density at radius 1 is 0.931 bits per heavy atom. The Morgan fingerprint density at radius 2 is 1.69 bits per heavy atom. The molecule has 4 rings (SSSR count). The Kier molecular flexibility index (Phi) is 4.62. The summed E-state index contributed by atoms with van der Waals surface area (Å²) in [4.78, 5) is 6.50. The van der Waals surface area contributed by atoms with Crippen LogP contribution in [0.5, 0.6) is 5.75 Å². The number of H-pyrrole nitrogens is 1. The number of rotatable bonds is 4. The summed E-state index contributed by atoms with van der Waals surface area (Å²) in [6.45, 7) is 0. The van der Waals surface area contributed by atoms with Gasteiger partial charge in [0.2, 0.25) is 0 Å². The lowest BCUT2D eigenvalue weighted by Gasteiger charge is -2.13. The maximum Gasteiger partial charge on any atom is 0.573 e. The van der Waals surface area contributed by atoms with E-state index in [4.69, 9.17) is 0 Å². The smallest absolute Gasteiger partial charge is 0.406 e. The van der Waals surface area contributed by atoms with Gasteiger partial charge in [-0.05, 0) is 30.3 Å². The summed E-state index contributed by atoms with van der Waals surface area (Å²) in [6.07, 6.45) is -3.09. The molecular weight excluding hydrogens is 381 g/mol. The minimum Gasteiger partial charge on any atom is -0.406 e. The third kappa shape index (κ3) is 3.87. The third-order valence-corrected chi connectivity index (χ3v) is 4.47. The van der Waals surface area contributed by atoms with Crippen molar-refractivity contribution >= 4 is 16.6 Å². The number of aromatic nitrogens is 3. The van der Waals surface area contributed by atoms with Gasteiger partial charge in [-0.3, -0.25) is 10.1 Å². The molecule has 1 N–H and O–H groups in total. The number of ether oxygens (including phenoxy) is 1. The van der Waals surface area contributed by atoms with Crippen LogP contribution in [0.15, 0.2) is 60.8 Å². The molecule has 0 spiro atoms. The molecule has 2 heterocycles. The van der Waals surface area contributed by atoms with Crippen LogP contribution in [0.1, 0.15) is 0 Å². The molecule has 29 heavy (non-hydrogen) atoms. The van der Waals surface area contributed by atoms with Crippen molar-refractivity contribution in [2.45, 2.75) is 6.36 Å². The van der Waals surface area contributed by atoms with Gasteiger partial charge in [0.15, 0.2) is 0 Å². The van der Waals surface area contributed by atoms with Gasteiger partial charge in [0.1, 0.15) is 11.4 Å². The predicted molar refractivity (Wildman–Crippen MR) is 106 cm³/mol. The lowest BCUT2D eigenvalue weighted by atomic mass is 10.0. The highest BCUT2D eigenvalue weighted by molar-refractivity contribution is 6.02. The zero-order valence-corrected chi connectivity index (χ0v) is 15.7. The highest BCUT2D eigenvalue weighted by Gasteiger charge is 2.31. The van der Waals surface area contributed by atoms with E-state index in [-0.39, 0.29) is 5.75 Å². The number of anilines is 1. The first-order chi connectivity index (χ1) is 13.8. The van der Waals surface area contributed by atoms with E-state index in [9.17, 15) is 13.2 Å². The van der Waals surface area contributed by atoms with Crippen molar-refractivity contribution in [1.82, 2.24) is 15.2 Å². The fourth-order valence-corrected chi connectivity index (χ4v) is 3.15. The van der Waals surface area contributed by atoms with Gasteiger partial charge in [-0.15, -0.1) is 13.2 Å². The first kappa shape index (κ1) is 18.8. The Balaban J connectivity index is 1.82. The first-order valence-electron chi connectivity index (χ1n) is 8.79. The molecule has 2 aromatic heterocycles. The average Bonchev–Trinajstić information content (AvgIpc) is 3.11. The van der Waals surface area contributed by atoms with Gasteiger partial charge in [0.25, 0.3) is 0 Å². The second-order valence-electron chi connectivity index (χ2n) is 6.67. The lowest BCUT2D eigenvalue weighted by Crippen LogP contribution is -2.17. The summed E-state index contributed by atoms with van der Waals surface area (Å²) in [7, 11) is 3.91. The Bertz CT molecular complexity index is 1150. The number of fused-ring (bicyclic) bond motifs is 1. The number of aromatic amines is 1. The van der Waals surface area contributed by atoms with Gasteiger partial charge in [0.05, 0.1) is 16.6 Å². The lowest BCUT2D eigenvalue weighted by molar-refractivity contribution is -0.274. The van der Waals surface area contributed by atoms with Gasteiger partial charge >= 0.3 is 6.36 Å². The monoisotopic (exact) mass is 398 g/mol. The number of pyridine rings is 1. The molecule has 5 nitrogen and oxygen atoms in total. The van der Waals surface area contributed by atoms with Gasteiger partial charge in [-0.25, -0.2) is 0 Å². The molecular formula is C21H17F3N4O. The van der Waals surface area contributed by atoms with Gasteiger partial charge in [-0.2, -0.15) is 5.10 Å². The summed E-state index contributed by atoms with van der Waals surface area (Å²) in [5.74, 6) is -0.299. The van der Waals surface area contributed by atoms with E-state index in [2.05, 4.69) is 19.9 Å². The van der Waals surface area contributed by atoms with E-state index >= 15 is 0 Å². The van der Waals surface area contributed by atoms with Crippen LogP contribution in [0.3, 0.4) is 0 Å². The molecule has 0 bridgehead atoms. The van der Waals surface area contributed by atoms with Gasteiger partial charge in [-0.1, -0.05) is 24.3 Å². The van der Waals surface area contributed by atoms with Crippen LogP contribution < -0.4 is 9.64 Å². The molecule has 0 saturated carbocycles. The highest BCUT2D eigenvalue weighted by atomic mass is 19.4. The SMILES string of the molecule is CN(C)c1ccc(-c2nccc3[nH]nc(-c4cccc(OC(F)(F)F)c4)c23)cc1. The minimum absolute atomic E-state index is 0.299. The Labute approximate surface area is 164 Å². The van der Waals surface area contributed by atoms with Gasteiger partial charge in [0, 0.05) is 37.1 Å². The van der Waals surface area contributed by atoms with E-state index < -0.39 is 6.36 Å². The minimum atomic E-state index is -4.76. The molecule has 148 valence electrons. The number of hydrogen-bond donors (Lipinski definition) is 1. The van der Waals surface area contributed by atoms with Gasteiger partial charge < -0.3 is 9.64 Å². The molecule has 0 saturated heterocycles. The normalized spacial score (nSPS) is 11.6. The van der Waals surface area contributed by atoms with Crippen LogP contribution in [0.2, 0.25) is 0 Å². The molecule has 0 unspecified atom stereocenters. The standard InChI is InChI=1S/C21H17F3N4O/c1-28(2)15-8-6-13(7-9-15)19-18-17(10-11-25-19)26-27-20(18)14-4-3-5-16(12-14)29-21(22,23)24/h3-12H,1-2H3,(H,26,27). The molecule has 0 aliphatic rings. The van der Waals surface area contributed by atoms with E-state index in [0.717, 1.165) is 22.2 Å². The Hall–Kier alpha value is -3.55. The first-order valence-corrected chi connectivity index (χ1v) is 8.79. The van der Waals surface area contributed by atoms with Crippen molar-refractivity contribution in [3.8, 4) is 28.3 Å².